The number of carboxylic acids is 1. The van der Waals surface area contributed by atoms with Gasteiger partial charge in [-0.15, -0.1) is 0 Å². The van der Waals surface area contributed by atoms with Crippen LogP contribution in [-0.4, -0.2) is 17.1 Å². The van der Waals surface area contributed by atoms with Crippen molar-refractivity contribution in [2.24, 2.45) is 0 Å². The first-order valence-corrected chi connectivity index (χ1v) is 7.08. The number of aromatic carboxylic acids is 1. The molecule has 6 nitrogen and oxygen atoms in total. The van der Waals surface area contributed by atoms with Gasteiger partial charge in [0.05, 0.1) is 27.5 Å². The SMILES string of the molecule is O=C(NNc1ccc(C(=O)O)cc1)Nc1cc(C(F)(F)F)ccc1Cl. The van der Waals surface area contributed by atoms with Gasteiger partial charge in [0, 0.05) is 0 Å². The fourth-order valence-electron chi connectivity index (χ4n) is 1.78. The molecule has 2 aromatic carbocycles. The van der Waals surface area contributed by atoms with Crippen LogP contribution in [0.25, 0.3) is 0 Å². The summed E-state index contributed by atoms with van der Waals surface area (Å²) >= 11 is 5.77. The molecule has 0 spiro atoms. The molecule has 0 aromatic heterocycles. The second kappa shape index (κ2) is 7.31. The number of benzene rings is 2. The molecular weight excluding hydrogens is 363 g/mol. The first kappa shape index (κ1) is 18.4. The lowest BCUT2D eigenvalue weighted by molar-refractivity contribution is -0.137. The van der Waals surface area contributed by atoms with Gasteiger partial charge in [-0.2, -0.15) is 13.2 Å². The Morgan fingerprint density at radius 3 is 2.24 bits per heavy atom. The van der Waals surface area contributed by atoms with Crippen molar-refractivity contribution >= 4 is 35.0 Å². The fourth-order valence-corrected chi connectivity index (χ4v) is 1.94. The van der Waals surface area contributed by atoms with Gasteiger partial charge in [0.1, 0.15) is 0 Å². The van der Waals surface area contributed by atoms with E-state index in [4.69, 9.17) is 16.7 Å². The number of carbonyl (C=O) groups excluding carboxylic acids is 1. The lowest BCUT2D eigenvalue weighted by atomic mass is 10.2. The van der Waals surface area contributed by atoms with E-state index in [0.29, 0.717) is 11.8 Å². The van der Waals surface area contributed by atoms with E-state index in [9.17, 15) is 22.8 Å². The molecule has 132 valence electrons. The summed E-state index contributed by atoms with van der Waals surface area (Å²) in [4.78, 5) is 22.5. The lowest BCUT2D eigenvalue weighted by Crippen LogP contribution is -2.33. The van der Waals surface area contributed by atoms with Gasteiger partial charge in [0.2, 0.25) is 0 Å². The van der Waals surface area contributed by atoms with Crippen molar-refractivity contribution < 1.29 is 27.9 Å². The number of halogens is 4. The van der Waals surface area contributed by atoms with Gasteiger partial charge in [0.25, 0.3) is 0 Å². The van der Waals surface area contributed by atoms with Gasteiger partial charge < -0.3 is 10.4 Å². The highest BCUT2D eigenvalue weighted by molar-refractivity contribution is 6.33. The number of urea groups is 1. The highest BCUT2D eigenvalue weighted by Gasteiger charge is 2.31. The predicted molar refractivity (Wildman–Crippen MR) is 85.6 cm³/mol. The van der Waals surface area contributed by atoms with E-state index >= 15 is 0 Å². The Morgan fingerprint density at radius 2 is 1.68 bits per heavy atom. The molecule has 2 rings (SSSR count). The van der Waals surface area contributed by atoms with E-state index in [1.807, 2.05) is 0 Å². The van der Waals surface area contributed by atoms with Gasteiger partial charge in [-0.3, -0.25) is 10.9 Å². The first-order chi connectivity index (χ1) is 11.7. The molecule has 0 unspecified atom stereocenters. The zero-order valence-electron chi connectivity index (χ0n) is 12.3. The zero-order chi connectivity index (χ0) is 18.6. The molecule has 0 bridgehead atoms. The minimum Gasteiger partial charge on any atom is -0.478 e. The summed E-state index contributed by atoms with van der Waals surface area (Å²) in [5.41, 5.74) is 3.94. The Balaban J connectivity index is 1.99. The molecule has 0 saturated carbocycles. The number of carboxylic acid groups (broad SMARTS) is 1. The Hall–Kier alpha value is -2.94. The largest absolute Gasteiger partial charge is 0.478 e. The maximum atomic E-state index is 12.7. The van der Waals surface area contributed by atoms with Crippen LogP contribution in [0.2, 0.25) is 5.02 Å². The summed E-state index contributed by atoms with van der Waals surface area (Å²) in [6.45, 7) is 0. The maximum absolute atomic E-state index is 12.7. The van der Waals surface area contributed by atoms with Crippen LogP contribution in [0.1, 0.15) is 15.9 Å². The number of hydrazine groups is 1. The van der Waals surface area contributed by atoms with E-state index in [-0.39, 0.29) is 16.3 Å². The number of rotatable bonds is 4. The van der Waals surface area contributed by atoms with Crippen LogP contribution in [0.5, 0.6) is 0 Å². The van der Waals surface area contributed by atoms with Gasteiger partial charge in [-0.25, -0.2) is 9.59 Å². The van der Waals surface area contributed by atoms with Crippen LogP contribution in [0.4, 0.5) is 29.3 Å². The molecule has 2 amide bonds. The average molecular weight is 374 g/mol. The van der Waals surface area contributed by atoms with E-state index in [2.05, 4.69) is 16.2 Å². The summed E-state index contributed by atoms with van der Waals surface area (Å²) in [6.07, 6.45) is -4.57. The van der Waals surface area contributed by atoms with Gasteiger partial charge in [0.15, 0.2) is 0 Å². The number of anilines is 2. The number of amides is 2. The summed E-state index contributed by atoms with van der Waals surface area (Å²) in [5.74, 6) is -1.10. The highest BCUT2D eigenvalue weighted by Crippen LogP contribution is 2.33. The van der Waals surface area contributed by atoms with Crippen molar-refractivity contribution in [3.8, 4) is 0 Å². The molecule has 0 radical (unpaired) electrons. The molecule has 25 heavy (non-hydrogen) atoms. The first-order valence-electron chi connectivity index (χ1n) is 6.70. The maximum Gasteiger partial charge on any atom is 0.416 e. The van der Waals surface area contributed by atoms with Gasteiger partial charge >= 0.3 is 18.2 Å². The zero-order valence-corrected chi connectivity index (χ0v) is 13.1. The molecule has 4 N–H and O–H groups in total. The lowest BCUT2D eigenvalue weighted by Gasteiger charge is -2.13. The molecule has 0 aliphatic rings. The normalized spacial score (nSPS) is 10.9. The smallest absolute Gasteiger partial charge is 0.416 e. The molecule has 0 aliphatic heterocycles. The van der Waals surface area contributed by atoms with Crippen LogP contribution < -0.4 is 16.2 Å². The summed E-state index contributed by atoms with van der Waals surface area (Å²) in [7, 11) is 0. The highest BCUT2D eigenvalue weighted by atomic mass is 35.5. The number of carbonyl (C=O) groups is 2. The molecule has 2 aromatic rings. The van der Waals surface area contributed by atoms with Gasteiger partial charge in [-0.05, 0) is 42.5 Å². The summed E-state index contributed by atoms with van der Waals surface area (Å²) in [5, 5.41) is 10.9. The third-order valence-electron chi connectivity index (χ3n) is 2.99. The van der Waals surface area contributed by atoms with Gasteiger partial charge in [-0.1, -0.05) is 11.6 Å². The van der Waals surface area contributed by atoms with Crippen molar-refractivity contribution in [2.45, 2.75) is 6.18 Å². The minimum atomic E-state index is -4.57. The summed E-state index contributed by atoms with van der Waals surface area (Å²) < 4.78 is 38.0. The molecule has 0 saturated heterocycles. The van der Waals surface area contributed by atoms with E-state index in [1.165, 1.54) is 24.3 Å². The quantitative estimate of drug-likeness (QED) is 0.604. The van der Waals surface area contributed by atoms with Crippen LogP contribution in [0.3, 0.4) is 0 Å². The van der Waals surface area contributed by atoms with Crippen LogP contribution in [0, 0.1) is 0 Å². The monoisotopic (exact) mass is 373 g/mol. The van der Waals surface area contributed by atoms with Crippen molar-refractivity contribution in [2.75, 3.05) is 10.7 Å². The number of alkyl halides is 3. The number of hydrogen-bond donors (Lipinski definition) is 4. The Bertz CT molecular complexity index is 795. The Morgan fingerprint density at radius 1 is 1.04 bits per heavy atom. The molecule has 0 heterocycles. The standard InChI is InChI=1S/C15H11ClF3N3O3/c16-11-6-3-9(15(17,18)19)7-12(11)20-14(25)22-21-10-4-1-8(2-5-10)13(23)24/h1-7,21H,(H,23,24)(H2,20,22,25). The summed E-state index contributed by atoms with van der Waals surface area (Å²) in [6, 6.07) is 7.11. The van der Waals surface area contributed by atoms with Crippen LogP contribution >= 0.6 is 11.6 Å². The fraction of sp³-hybridized carbons (Fsp3) is 0.0667. The Kier molecular flexibility index (Phi) is 5.38. The van der Waals surface area contributed by atoms with Crippen molar-refractivity contribution in [3.05, 3.63) is 58.6 Å². The molecule has 10 heteroatoms. The topological polar surface area (TPSA) is 90.5 Å². The van der Waals surface area contributed by atoms with Crippen molar-refractivity contribution in [1.29, 1.82) is 0 Å². The minimum absolute atomic E-state index is 0.0609. The number of nitrogens with one attached hydrogen (secondary N) is 3. The van der Waals surface area contributed by atoms with Crippen LogP contribution in [-0.2, 0) is 6.18 Å². The number of hydrogen-bond acceptors (Lipinski definition) is 3. The van der Waals surface area contributed by atoms with Crippen molar-refractivity contribution in [1.82, 2.24) is 5.43 Å². The van der Waals surface area contributed by atoms with Crippen molar-refractivity contribution in [3.63, 3.8) is 0 Å². The van der Waals surface area contributed by atoms with Crippen LogP contribution in [0.15, 0.2) is 42.5 Å². The Labute approximate surface area is 144 Å². The van der Waals surface area contributed by atoms with E-state index < -0.39 is 23.7 Å². The molecule has 0 fully saturated rings. The predicted octanol–water partition coefficient (Wildman–Crippen LogP) is 4.21. The molecular formula is C15H11ClF3N3O3. The van der Waals surface area contributed by atoms with E-state index in [0.717, 1.165) is 12.1 Å². The molecule has 0 atom stereocenters. The third-order valence-corrected chi connectivity index (χ3v) is 3.32. The second-order valence-corrected chi connectivity index (χ2v) is 5.19. The average Bonchev–Trinajstić information content (AvgIpc) is 2.54. The second-order valence-electron chi connectivity index (χ2n) is 4.78. The third kappa shape index (κ3) is 5.01. The van der Waals surface area contributed by atoms with E-state index in [1.54, 1.807) is 0 Å². The molecule has 0 aliphatic carbocycles.